The Morgan fingerprint density at radius 1 is 0.833 bits per heavy atom. The Bertz CT molecular complexity index is 960. The van der Waals surface area contributed by atoms with Crippen molar-refractivity contribution in [1.82, 2.24) is 14.2 Å². The quantitative estimate of drug-likeness (QED) is 0.726. The van der Waals surface area contributed by atoms with Crippen molar-refractivity contribution >= 4 is 15.8 Å². The SMILES string of the molecule is O=S(=O)(c1ccc(-c2ccc(N3CCN(C4CC4)CC3)nc2)cc1)N1CCOCC1. The Kier molecular flexibility index (Phi) is 5.49. The number of nitrogens with zero attached hydrogens (tertiary/aromatic N) is 4. The van der Waals surface area contributed by atoms with E-state index in [1.807, 2.05) is 18.3 Å². The molecule has 7 nitrogen and oxygen atoms in total. The zero-order valence-electron chi connectivity index (χ0n) is 17.1. The highest BCUT2D eigenvalue weighted by Gasteiger charge is 2.31. The molecule has 0 amide bonds. The van der Waals surface area contributed by atoms with E-state index in [2.05, 4.69) is 26.9 Å². The van der Waals surface area contributed by atoms with Crippen LogP contribution in [0, 0.1) is 0 Å². The predicted octanol–water partition coefficient (Wildman–Crippen LogP) is 2.05. The second kappa shape index (κ2) is 8.26. The molecule has 0 unspecified atom stereocenters. The van der Waals surface area contributed by atoms with Gasteiger partial charge in [-0.3, -0.25) is 4.90 Å². The van der Waals surface area contributed by atoms with Crippen LogP contribution in [0.25, 0.3) is 11.1 Å². The van der Waals surface area contributed by atoms with Gasteiger partial charge < -0.3 is 9.64 Å². The molecule has 1 aromatic carbocycles. The minimum absolute atomic E-state index is 0.325. The molecule has 1 saturated carbocycles. The van der Waals surface area contributed by atoms with Gasteiger partial charge in [0.1, 0.15) is 5.82 Å². The molecular weight excluding hydrogens is 400 g/mol. The summed E-state index contributed by atoms with van der Waals surface area (Å²) >= 11 is 0. The molecule has 1 aromatic heterocycles. The number of piperazine rings is 1. The van der Waals surface area contributed by atoms with Gasteiger partial charge in [-0.1, -0.05) is 12.1 Å². The van der Waals surface area contributed by atoms with E-state index < -0.39 is 10.0 Å². The van der Waals surface area contributed by atoms with Crippen molar-refractivity contribution in [3.63, 3.8) is 0 Å². The van der Waals surface area contributed by atoms with Gasteiger partial charge >= 0.3 is 0 Å². The second-order valence-electron chi connectivity index (χ2n) is 8.20. The first-order valence-corrected chi connectivity index (χ1v) is 12.2. The third-order valence-electron chi connectivity index (χ3n) is 6.24. The summed E-state index contributed by atoms with van der Waals surface area (Å²) in [4.78, 5) is 9.94. The topological polar surface area (TPSA) is 66.0 Å². The summed E-state index contributed by atoms with van der Waals surface area (Å²) < 4.78 is 32.3. The van der Waals surface area contributed by atoms with E-state index in [-0.39, 0.29) is 0 Å². The van der Waals surface area contributed by atoms with E-state index in [0.717, 1.165) is 49.2 Å². The van der Waals surface area contributed by atoms with Crippen LogP contribution in [0.3, 0.4) is 0 Å². The van der Waals surface area contributed by atoms with Gasteiger partial charge in [0.05, 0.1) is 18.1 Å². The van der Waals surface area contributed by atoms with Crippen molar-refractivity contribution in [2.24, 2.45) is 0 Å². The Hall–Kier alpha value is -2.00. The lowest BCUT2D eigenvalue weighted by atomic mass is 10.1. The van der Waals surface area contributed by atoms with Crippen LogP contribution < -0.4 is 4.90 Å². The molecule has 0 atom stereocenters. The van der Waals surface area contributed by atoms with Crippen molar-refractivity contribution in [3.8, 4) is 11.1 Å². The van der Waals surface area contributed by atoms with E-state index in [4.69, 9.17) is 4.74 Å². The first kappa shape index (κ1) is 19.9. The van der Waals surface area contributed by atoms with E-state index in [9.17, 15) is 8.42 Å². The summed E-state index contributed by atoms with van der Waals surface area (Å²) in [7, 11) is -3.46. The highest BCUT2D eigenvalue weighted by molar-refractivity contribution is 7.89. The second-order valence-corrected chi connectivity index (χ2v) is 10.1. The molecule has 2 aliphatic heterocycles. The number of hydrogen-bond donors (Lipinski definition) is 0. The van der Waals surface area contributed by atoms with Gasteiger partial charge in [0.15, 0.2) is 0 Å². The number of hydrogen-bond acceptors (Lipinski definition) is 6. The van der Waals surface area contributed by atoms with Crippen molar-refractivity contribution in [1.29, 1.82) is 0 Å². The molecule has 8 heteroatoms. The molecule has 0 spiro atoms. The van der Waals surface area contributed by atoms with Gasteiger partial charge in [0, 0.05) is 57.1 Å². The number of rotatable bonds is 5. The van der Waals surface area contributed by atoms with E-state index in [0.29, 0.717) is 31.2 Å². The molecule has 2 aromatic rings. The number of morpholine rings is 1. The van der Waals surface area contributed by atoms with E-state index >= 15 is 0 Å². The van der Waals surface area contributed by atoms with Crippen molar-refractivity contribution in [2.75, 3.05) is 57.4 Å². The summed E-state index contributed by atoms with van der Waals surface area (Å²) in [6.07, 6.45) is 4.60. The van der Waals surface area contributed by atoms with Gasteiger partial charge in [-0.15, -0.1) is 0 Å². The van der Waals surface area contributed by atoms with Crippen molar-refractivity contribution in [2.45, 2.75) is 23.8 Å². The Labute approximate surface area is 178 Å². The van der Waals surface area contributed by atoms with Crippen LogP contribution in [0.4, 0.5) is 5.82 Å². The van der Waals surface area contributed by atoms with Gasteiger partial charge in [-0.2, -0.15) is 4.31 Å². The minimum Gasteiger partial charge on any atom is -0.379 e. The number of pyridine rings is 1. The predicted molar refractivity (Wildman–Crippen MR) is 116 cm³/mol. The normalized spacial score (nSPS) is 21.7. The molecular formula is C22H28N4O3S. The molecule has 0 bridgehead atoms. The fourth-order valence-electron chi connectivity index (χ4n) is 4.26. The molecule has 3 aliphatic rings. The number of sulfonamides is 1. The first-order chi connectivity index (χ1) is 14.6. The molecule has 0 N–H and O–H groups in total. The van der Waals surface area contributed by atoms with Gasteiger partial charge in [-0.25, -0.2) is 13.4 Å². The lowest BCUT2D eigenvalue weighted by Crippen LogP contribution is -2.47. The summed E-state index contributed by atoms with van der Waals surface area (Å²) in [6.45, 7) is 6.00. The largest absolute Gasteiger partial charge is 0.379 e. The Morgan fingerprint density at radius 3 is 2.10 bits per heavy atom. The minimum atomic E-state index is -3.46. The summed E-state index contributed by atoms with van der Waals surface area (Å²) in [5.41, 5.74) is 1.96. The monoisotopic (exact) mass is 428 g/mol. The Balaban J connectivity index is 1.25. The maximum atomic E-state index is 12.8. The Morgan fingerprint density at radius 2 is 1.50 bits per heavy atom. The highest BCUT2D eigenvalue weighted by Crippen LogP contribution is 2.29. The molecule has 30 heavy (non-hydrogen) atoms. The van der Waals surface area contributed by atoms with Crippen molar-refractivity contribution < 1.29 is 13.2 Å². The number of benzene rings is 1. The van der Waals surface area contributed by atoms with Gasteiger partial charge in [0.2, 0.25) is 10.0 Å². The maximum Gasteiger partial charge on any atom is 0.243 e. The van der Waals surface area contributed by atoms with E-state index in [1.165, 1.54) is 17.1 Å². The first-order valence-electron chi connectivity index (χ1n) is 10.7. The van der Waals surface area contributed by atoms with Crippen LogP contribution >= 0.6 is 0 Å². The van der Waals surface area contributed by atoms with Crippen LogP contribution in [-0.2, 0) is 14.8 Å². The summed E-state index contributed by atoms with van der Waals surface area (Å²) in [6, 6.07) is 12.1. The standard InChI is InChI=1S/C22H28N4O3S/c27-30(28,26-13-15-29-16-14-26)21-6-1-18(2-7-21)19-3-8-22(23-17-19)25-11-9-24(10-12-25)20-4-5-20/h1-3,6-8,17,20H,4-5,9-16H2. The average Bonchev–Trinajstić information content (AvgIpc) is 3.66. The molecule has 2 saturated heterocycles. The molecule has 3 fully saturated rings. The van der Waals surface area contributed by atoms with Crippen molar-refractivity contribution in [3.05, 3.63) is 42.6 Å². The zero-order valence-corrected chi connectivity index (χ0v) is 17.9. The lowest BCUT2D eigenvalue weighted by molar-refractivity contribution is 0.0730. The van der Waals surface area contributed by atoms with Crippen LogP contribution in [0.2, 0.25) is 0 Å². The molecule has 5 rings (SSSR count). The number of ether oxygens (including phenoxy) is 1. The third kappa shape index (κ3) is 4.09. The summed E-state index contributed by atoms with van der Waals surface area (Å²) in [5, 5.41) is 0. The molecule has 0 radical (unpaired) electrons. The smallest absolute Gasteiger partial charge is 0.243 e. The number of aromatic nitrogens is 1. The highest BCUT2D eigenvalue weighted by atomic mass is 32.2. The molecule has 160 valence electrons. The van der Waals surface area contributed by atoms with Crippen LogP contribution in [0.15, 0.2) is 47.5 Å². The third-order valence-corrected chi connectivity index (χ3v) is 8.16. The van der Waals surface area contributed by atoms with Gasteiger partial charge in [-0.05, 0) is 42.7 Å². The fraction of sp³-hybridized carbons (Fsp3) is 0.500. The van der Waals surface area contributed by atoms with Crippen LogP contribution in [-0.4, -0.2) is 81.1 Å². The lowest BCUT2D eigenvalue weighted by Gasteiger charge is -2.35. The van der Waals surface area contributed by atoms with Crippen LogP contribution in [0.1, 0.15) is 12.8 Å². The summed E-state index contributed by atoms with van der Waals surface area (Å²) in [5.74, 6) is 1.01. The average molecular weight is 429 g/mol. The van der Waals surface area contributed by atoms with Crippen LogP contribution in [0.5, 0.6) is 0 Å². The molecule has 3 heterocycles. The maximum absolute atomic E-state index is 12.8. The number of anilines is 1. The van der Waals surface area contributed by atoms with E-state index in [1.54, 1.807) is 12.1 Å². The zero-order chi connectivity index (χ0) is 20.6. The molecule has 1 aliphatic carbocycles. The fourth-order valence-corrected chi connectivity index (χ4v) is 5.66. The van der Waals surface area contributed by atoms with Gasteiger partial charge in [0.25, 0.3) is 0 Å².